The fraction of sp³-hybridized carbons (Fsp3) is 0.250. The number of aliphatic hydroxyl groups excluding tert-OH is 1. The second kappa shape index (κ2) is 3.92. The molecule has 6 nitrogen and oxygen atoms in total. The van der Waals surface area contributed by atoms with Gasteiger partial charge in [-0.15, -0.1) is 5.10 Å². The van der Waals surface area contributed by atoms with Gasteiger partial charge in [0.1, 0.15) is 6.10 Å². The largest absolute Gasteiger partial charge is 0.475 e. The fourth-order valence-corrected chi connectivity index (χ4v) is 2.25. The molecule has 1 aromatic heterocycles. The molecule has 0 aliphatic carbocycles. The molecule has 2 atom stereocenters. The molecule has 0 fully saturated rings. The maximum absolute atomic E-state index is 10.8. The van der Waals surface area contributed by atoms with E-state index in [1.807, 2.05) is 30.3 Å². The first-order chi connectivity index (χ1) is 8.66. The standard InChI is InChI=1S/C12H11N3O3/c16-9-6-8(7-4-2-1-3-5-7)15-11(9)13-10(14-15)12(17)18/h1-5,8-9,16H,6H2,(H,17,18). The second-order valence-corrected chi connectivity index (χ2v) is 4.22. The van der Waals surface area contributed by atoms with Crippen molar-refractivity contribution in [3.05, 3.63) is 47.5 Å². The number of hydrogen-bond acceptors (Lipinski definition) is 4. The maximum atomic E-state index is 10.8. The van der Waals surface area contributed by atoms with Crippen LogP contribution in [-0.2, 0) is 0 Å². The zero-order valence-electron chi connectivity index (χ0n) is 9.39. The van der Waals surface area contributed by atoms with Crippen molar-refractivity contribution in [2.24, 2.45) is 0 Å². The highest BCUT2D eigenvalue weighted by Gasteiger charge is 2.34. The number of aromatic carboxylic acids is 1. The molecule has 1 aliphatic heterocycles. The maximum Gasteiger partial charge on any atom is 0.375 e. The molecule has 3 rings (SSSR count). The monoisotopic (exact) mass is 245 g/mol. The van der Waals surface area contributed by atoms with E-state index < -0.39 is 12.1 Å². The number of hydrogen-bond donors (Lipinski definition) is 2. The molecule has 0 saturated carbocycles. The first kappa shape index (κ1) is 10.9. The summed E-state index contributed by atoms with van der Waals surface area (Å²) in [5.41, 5.74) is 0.983. The van der Waals surface area contributed by atoms with Crippen molar-refractivity contribution in [1.82, 2.24) is 14.8 Å². The Morgan fingerprint density at radius 1 is 1.33 bits per heavy atom. The van der Waals surface area contributed by atoms with E-state index in [1.165, 1.54) is 4.68 Å². The van der Waals surface area contributed by atoms with Crippen LogP contribution in [0.2, 0.25) is 0 Å². The summed E-state index contributed by atoms with van der Waals surface area (Å²) < 4.78 is 1.50. The van der Waals surface area contributed by atoms with Gasteiger partial charge in [-0.1, -0.05) is 30.3 Å². The molecule has 1 aliphatic rings. The highest BCUT2D eigenvalue weighted by molar-refractivity contribution is 5.82. The molecular formula is C12H11N3O3. The van der Waals surface area contributed by atoms with Gasteiger partial charge in [-0.3, -0.25) is 0 Å². The predicted molar refractivity (Wildman–Crippen MR) is 61.1 cm³/mol. The molecule has 0 amide bonds. The van der Waals surface area contributed by atoms with E-state index in [0.717, 1.165) is 5.56 Å². The summed E-state index contributed by atoms with van der Waals surface area (Å²) in [5, 5.41) is 22.7. The third kappa shape index (κ3) is 1.58. The molecular weight excluding hydrogens is 234 g/mol. The molecule has 6 heteroatoms. The number of benzene rings is 1. The van der Waals surface area contributed by atoms with Crippen LogP contribution in [0.1, 0.15) is 40.6 Å². The summed E-state index contributed by atoms with van der Waals surface area (Å²) in [6.07, 6.45) is -0.296. The van der Waals surface area contributed by atoms with E-state index in [1.54, 1.807) is 0 Å². The SMILES string of the molecule is O=C(O)c1nc2n(n1)C(c1ccccc1)CC2O. The molecule has 2 unspecified atom stereocenters. The smallest absolute Gasteiger partial charge is 0.375 e. The average Bonchev–Trinajstić information content (AvgIpc) is 2.92. The average molecular weight is 245 g/mol. The van der Waals surface area contributed by atoms with Gasteiger partial charge in [0.05, 0.1) is 6.04 Å². The van der Waals surface area contributed by atoms with Gasteiger partial charge in [0, 0.05) is 6.42 Å². The summed E-state index contributed by atoms with van der Waals surface area (Å²) in [4.78, 5) is 14.7. The van der Waals surface area contributed by atoms with Gasteiger partial charge >= 0.3 is 5.97 Å². The molecule has 2 heterocycles. The van der Waals surface area contributed by atoms with E-state index in [0.29, 0.717) is 12.2 Å². The number of nitrogens with zero attached hydrogens (tertiary/aromatic N) is 3. The van der Waals surface area contributed by atoms with Gasteiger partial charge in [-0.05, 0) is 5.56 Å². The van der Waals surface area contributed by atoms with E-state index in [9.17, 15) is 9.90 Å². The molecule has 92 valence electrons. The number of carboxylic acids is 1. The van der Waals surface area contributed by atoms with E-state index in [4.69, 9.17) is 5.11 Å². The predicted octanol–water partition coefficient (Wildman–Crippen LogP) is 1.00. The number of rotatable bonds is 2. The summed E-state index contributed by atoms with van der Waals surface area (Å²) in [6, 6.07) is 9.39. The first-order valence-corrected chi connectivity index (χ1v) is 5.59. The minimum absolute atomic E-state index is 0.156. The minimum Gasteiger partial charge on any atom is -0.475 e. The second-order valence-electron chi connectivity index (χ2n) is 4.22. The Balaban J connectivity index is 2.05. The third-order valence-electron chi connectivity index (χ3n) is 3.07. The molecule has 1 aromatic carbocycles. The Morgan fingerprint density at radius 3 is 2.72 bits per heavy atom. The van der Waals surface area contributed by atoms with Gasteiger partial charge in [0.2, 0.25) is 0 Å². The highest BCUT2D eigenvalue weighted by Crippen LogP contribution is 2.36. The molecule has 2 N–H and O–H groups in total. The lowest BCUT2D eigenvalue weighted by atomic mass is 10.0. The van der Waals surface area contributed by atoms with Crippen LogP contribution in [0.5, 0.6) is 0 Å². The van der Waals surface area contributed by atoms with Crippen LogP contribution in [-0.4, -0.2) is 30.9 Å². The topological polar surface area (TPSA) is 88.2 Å². The molecule has 2 aromatic rings. The van der Waals surface area contributed by atoms with Crippen LogP contribution in [0.4, 0.5) is 0 Å². The van der Waals surface area contributed by atoms with Gasteiger partial charge in [0.15, 0.2) is 5.82 Å². The van der Waals surface area contributed by atoms with Crippen molar-refractivity contribution in [2.45, 2.75) is 18.6 Å². The zero-order valence-corrected chi connectivity index (χ0v) is 9.39. The van der Waals surface area contributed by atoms with E-state index >= 15 is 0 Å². The van der Waals surface area contributed by atoms with Crippen LogP contribution in [0.15, 0.2) is 30.3 Å². The summed E-state index contributed by atoms with van der Waals surface area (Å²) in [7, 11) is 0. The normalized spacial score (nSPS) is 21.8. The highest BCUT2D eigenvalue weighted by atomic mass is 16.4. The van der Waals surface area contributed by atoms with E-state index in [-0.39, 0.29) is 11.9 Å². The van der Waals surface area contributed by atoms with Crippen molar-refractivity contribution in [3.8, 4) is 0 Å². The van der Waals surface area contributed by atoms with Crippen LogP contribution in [0.3, 0.4) is 0 Å². The van der Waals surface area contributed by atoms with Gasteiger partial charge < -0.3 is 10.2 Å². The Bertz CT molecular complexity index is 594. The van der Waals surface area contributed by atoms with Crippen molar-refractivity contribution in [1.29, 1.82) is 0 Å². The van der Waals surface area contributed by atoms with Gasteiger partial charge in [-0.25, -0.2) is 14.5 Å². The number of carboxylic acid groups (broad SMARTS) is 1. The van der Waals surface area contributed by atoms with Crippen molar-refractivity contribution < 1.29 is 15.0 Å². The van der Waals surface area contributed by atoms with E-state index in [2.05, 4.69) is 10.1 Å². The Kier molecular flexibility index (Phi) is 2.38. The third-order valence-corrected chi connectivity index (χ3v) is 3.07. The zero-order chi connectivity index (χ0) is 12.7. The summed E-state index contributed by atoms with van der Waals surface area (Å²) in [6.45, 7) is 0. The van der Waals surface area contributed by atoms with Crippen molar-refractivity contribution in [3.63, 3.8) is 0 Å². The number of carbonyl (C=O) groups is 1. The quantitative estimate of drug-likeness (QED) is 0.824. The number of aliphatic hydroxyl groups is 1. The van der Waals surface area contributed by atoms with Crippen molar-refractivity contribution >= 4 is 5.97 Å². The molecule has 18 heavy (non-hydrogen) atoms. The Hall–Kier alpha value is -2.21. The molecule has 0 spiro atoms. The lowest BCUT2D eigenvalue weighted by Crippen LogP contribution is -2.09. The summed E-state index contributed by atoms with van der Waals surface area (Å²) in [5.74, 6) is -1.14. The summed E-state index contributed by atoms with van der Waals surface area (Å²) >= 11 is 0. The van der Waals surface area contributed by atoms with Gasteiger partial charge in [-0.2, -0.15) is 0 Å². The lowest BCUT2D eigenvalue weighted by molar-refractivity contribution is 0.0682. The van der Waals surface area contributed by atoms with Crippen LogP contribution in [0, 0.1) is 0 Å². The fourth-order valence-electron chi connectivity index (χ4n) is 2.25. The van der Waals surface area contributed by atoms with Crippen LogP contribution in [0.25, 0.3) is 0 Å². The molecule has 0 radical (unpaired) electrons. The van der Waals surface area contributed by atoms with Crippen LogP contribution < -0.4 is 0 Å². The minimum atomic E-state index is -1.18. The lowest BCUT2D eigenvalue weighted by Gasteiger charge is -2.11. The number of aromatic nitrogens is 3. The molecule has 0 saturated heterocycles. The van der Waals surface area contributed by atoms with Crippen LogP contribution >= 0.6 is 0 Å². The van der Waals surface area contributed by atoms with Gasteiger partial charge in [0.25, 0.3) is 5.82 Å². The number of fused-ring (bicyclic) bond motifs is 1. The Morgan fingerprint density at radius 2 is 2.06 bits per heavy atom. The van der Waals surface area contributed by atoms with Crippen molar-refractivity contribution in [2.75, 3.05) is 0 Å². The first-order valence-electron chi connectivity index (χ1n) is 5.59. The molecule has 0 bridgehead atoms. The Labute approximate surface area is 103 Å².